The zero-order valence-electron chi connectivity index (χ0n) is 7.41. The minimum Gasteiger partial charge on any atom is -0.328 e. The summed E-state index contributed by atoms with van der Waals surface area (Å²) in [7, 11) is -5.24. The van der Waals surface area contributed by atoms with E-state index >= 15 is 0 Å². The molecule has 0 spiro atoms. The molecule has 0 aliphatic carbocycles. The smallest absolute Gasteiger partial charge is 0.324 e. The highest BCUT2D eigenvalue weighted by Crippen LogP contribution is 2.12. The van der Waals surface area contributed by atoms with Gasteiger partial charge in [0.2, 0.25) is 0 Å². The van der Waals surface area contributed by atoms with Gasteiger partial charge in [-0.15, -0.1) is 0 Å². The molecule has 1 aliphatic heterocycles. The second-order valence-corrected chi connectivity index (χ2v) is 3.11. The largest absolute Gasteiger partial charge is 0.328 e. The number of hydrogen-bond donors (Lipinski definition) is 8. The van der Waals surface area contributed by atoms with Crippen molar-refractivity contribution in [3.63, 3.8) is 0 Å². The summed E-state index contributed by atoms with van der Waals surface area (Å²) < 4.78 is 0. The summed E-state index contributed by atoms with van der Waals surface area (Å²) in [6, 6.07) is 0. The SMILES string of the molecule is C1CNCCN1.OP(O)O.OP(O)O. The van der Waals surface area contributed by atoms with Gasteiger partial charge in [-0.25, -0.2) is 0 Å². The van der Waals surface area contributed by atoms with E-state index in [2.05, 4.69) is 10.6 Å². The molecule has 0 unspecified atom stereocenters. The van der Waals surface area contributed by atoms with Gasteiger partial charge in [0, 0.05) is 26.2 Å². The maximum atomic E-state index is 7.23. The molecule has 0 aromatic carbocycles. The molecule has 0 radical (unpaired) electrons. The second kappa shape index (κ2) is 13.5. The van der Waals surface area contributed by atoms with Crippen molar-refractivity contribution in [2.24, 2.45) is 0 Å². The molecule has 1 heterocycles. The predicted molar refractivity (Wildman–Crippen MR) is 52.9 cm³/mol. The average molecular weight is 250 g/mol. The molecule has 0 saturated carbocycles. The second-order valence-electron chi connectivity index (χ2n) is 2.04. The monoisotopic (exact) mass is 250 g/mol. The third-order valence-corrected chi connectivity index (χ3v) is 0.957. The highest BCUT2D eigenvalue weighted by atomic mass is 31.2. The van der Waals surface area contributed by atoms with Crippen LogP contribution in [-0.2, 0) is 0 Å². The average Bonchev–Trinajstić information content (AvgIpc) is 2.05. The van der Waals surface area contributed by atoms with Crippen molar-refractivity contribution >= 4 is 17.2 Å². The van der Waals surface area contributed by atoms with Crippen LogP contribution in [0.3, 0.4) is 0 Å². The molecule has 14 heavy (non-hydrogen) atoms. The third kappa shape index (κ3) is 39.0. The number of rotatable bonds is 0. The minimum atomic E-state index is -2.62. The van der Waals surface area contributed by atoms with Crippen LogP contribution in [0.25, 0.3) is 0 Å². The molecule has 0 amide bonds. The van der Waals surface area contributed by atoms with Crippen LogP contribution in [0.5, 0.6) is 0 Å². The first-order valence-electron chi connectivity index (χ1n) is 3.61. The van der Waals surface area contributed by atoms with Crippen molar-refractivity contribution in [3.05, 3.63) is 0 Å². The molecule has 88 valence electrons. The number of piperazine rings is 1. The molecule has 8 N–H and O–H groups in total. The van der Waals surface area contributed by atoms with Crippen molar-refractivity contribution in [3.8, 4) is 0 Å². The topological polar surface area (TPSA) is 145 Å². The lowest BCUT2D eigenvalue weighted by Gasteiger charge is -2.11. The molecule has 0 bridgehead atoms. The van der Waals surface area contributed by atoms with Crippen LogP contribution in [0, 0.1) is 0 Å². The van der Waals surface area contributed by atoms with Crippen LogP contribution in [0.15, 0.2) is 0 Å². The standard InChI is InChI=1S/C4H10N2.2H3O3P/c1-2-6-4-3-5-1;2*1-4(2)3/h5-6H,1-4H2;2*1-3H. The normalized spacial score (nSPS) is 15.4. The van der Waals surface area contributed by atoms with E-state index in [1.807, 2.05) is 0 Å². The molecule has 0 atom stereocenters. The predicted octanol–water partition coefficient (Wildman–Crippen LogP) is -2.44. The van der Waals surface area contributed by atoms with Crippen LogP contribution in [0.2, 0.25) is 0 Å². The molecule has 1 fully saturated rings. The van der Waals surface area contributed by atoms with Crippen molar-refractivity contribution in [1.29, 1.82) is 0 Å². The van der Waals surface area contributed by atoms with Gasteiger partial charge in [0.15, 0.2) is 0 Å². The van der Waals surface area contributed by atoms with E-state index in [1.54, 1.807) is 0 Å². The summed E-state index contributed by atoms with van der Waals surface area (Å²) in [5.41, 5.74) is 0. The molecule has 10 heteroatoms. The van der Waals surface area contributed by atoms with Crippen molar-refractivity contribution < 1.29 is 29.4 Å². The Kier molecular flexibility index (Phi) is 16.4. The minimum absolute atomic E-state index is 1.14. The highest BCUT2D eigenvalue weighted by Gasteiger charge is 1.91. The van der Waals surface area contributed by atoms with E-state index in [1.165, 1.54) is 0 Å². The Balaban J connectivity index is 0. The van der Waals surface area contributed by atoms with Gasteiger partial charge in [-0.2, -0.15) is 0 Å². The molecule has 1 rings (SSSR count). The fourth-order valence-corrected chi connectivity index (χ4v) is 0.604. The van der Waals surface area contributed by atoms with E-state index in [0.717, 1.165) is 26.2 Å². The summed E-state index contributed by atoms with van der Waals surface area (Å²) in [6.45, 7) is 4.56. The fraction of sp³-hybridized carbons (Fsp3) is 1.00. The first kappa shape index (κ1) is 17.0. The Morgan fingerprint density at radius 3 is 0.786 bits per heavy atom. The lowest BCUT2D eigenvalue weighted by Crippen LogP contribution is -2.39. The van der Waals surface area contributed by atoms with Crippen LogP contribution in [-0.4, -0.2) is 55.5 Å². The summed E-state index contributed by atoms with van der Waals surface area (Å²) in [5.74, 6) is 0. The quantitative estimate of drug-likeness (QED) is 0.221. The molecular weight excluding hydrogens is 234 g/mol. The van der Waals surface area contributed by atoms with E-state index in [4.69, 9.17) is 29.4 Å². The van der Waals surface area contributed by atoms with E-state index in [9.17, 15) is 0 Å². The Morgan fingerprint density at radius 2 is 0.714 bits per heavy atom. The van der Waals surface area contributed by atoms with Crippen LogP contribution in [0.4, 0.5) is 0 Å². The molecule has 0 aromatic heterocycles. The molecule has 1 aliphatic rings. The number of hydrogen-bond acceptors (Lipinski definition) is 8. The summed E-state index contributed by atoms with van der Waals surface area (Å²) in [6.07, 6.45) is 0. The van der Waals surface area contributed by atoms with Crippen molar-refractivity contribution in [1.82, 2.24) is 10.6 Å². The maximum Gasteiger partial charge on any atom is 0.324 e. The zero-order valence-corrected chi connectivity index (χ0v) is 9.19. The van der Waals surface area contributed by atoms with Gasteiger partial charge in [-0.3, -0.25) is 0 Å². The molecule has 8 nitrogen and oxygen atoms in total. The number of nitrogens with one attached hydrogen (secondary N) is 2. The van der Waals surface area contributed by atoms with Gasteiger partial charge in [0.25, 0.3) is 0 Å². The Hall–Kier alpha value is 0.540. The van der Waals surface area contributed by atoms with Gasteiger partial charge in [0.1, 0.15) is 0 Å². The lowest BCUT2D eigenvalue weighted by molar-refractivity contribution is 0.366. The van der Waals surface area contributed by atoms with E-state index < -0.39 is 17.2 Å². The van der Waals surface area contributed by atoms with Crippen molar-refractivity contribution in [2.45, 2.75) is 0 Å². The van der Waals surface area contributed by atoms with E-state index in [0.29, 0.717) is 0 Å². The van der Waals surface area contributed by atoms with Crippen LogP contribution >= 0.6 is 17.2 Å². The first-order valence-corrected chi connectivity index (χ1v) is 6.01. The van der Waals surface area contributed by atoms with Gasteiger partial charge >= 0.3 is 17.2 Å². The van der Waals surface area contributed by atoms with Gasteiger partial charge in [-0.05, 0) is 0 Å². The molecular formula is C4H16N2O6P2. The molecule has 0 aromatic rings. The highest BCUT2D eigenvalue weighted by molar-refractivity contribution is 7.38. The maximum absolute atomic E-state index is 7.23. The lowest BCUT2D eigenvalue weighted by atomic mass is 10.4. The Bertz CT molecular complexity index is 80.8. The van der Waals surface area contributed by atoms with Gasteiger partial charge in [-0.1, -0.05) is 0 Å². The van der Waals surface area contributed by atoms with Crippen LogP contribution in [0.1, 0.15) is 0 Å². The Morgan fingerprint density at radius 1 is 0.571 bits per heavy atom. The first-order chi connectivity index (χ1) is 6.46. The van der Waals surface area contributed by atoms with Crippen molar-refractivity contribution in [2.75, 3.05) is 26.2 Å². The Labute approximate surface area is 84.2 Å². The fourth-order valence-electron chi connectivity index (χ4n) is 0.604. The summed E-state index contributed by atoms with van der Waals surface area (Å²) >= 11 is 0. The van der Waals surface area contributed by atoms with Crippen LogP contribution < -0.4 is 10.6 Å². The van der Waals surface area contributed by atoms with Gasteiger partial charge < -0.3 is 40.0 Å². The summed E-state index contributed by atoms with van der Waals surface area (Å²) in [4.78, 5) is 43.4. The van der Waals surface area contributed by atoms with E-state index in [-0.39, 0.29) is 0 Å². The molecule has 1 saturated heterocycles. The zero-order chi connectivity index (χ0) is 11.4. The third-order valence-electron chi connectivity index (χ3n) is 0.957. The summed E-state index contributed by atoms with van der Waals surface area (Å²) in [5, 5.41) is 6.44. The van der Waals surface area contributed by atoms with Gasteiger partial charge in [0.05, 0.1) is 0 Å².